The molecule has 0 radical (unpaired) electrons. The van der Waals surface area contributed by atoms with Gasteiger partial charge in [0.1, 0.15) is 6.92 Å². The summed E-state index contributed by atoms with van der Waals surface area (Å²) in [4.78, 5) is 15.0. The molecule has 1 rings (SSSR count). The number of carbonyl (C=O) groups excluding carboxylic acids is 1. The van der Waals surface area contributed by atoms with Crippen molar-refractivity contribution in [3.8, 4) is 0 Å². The first-order valence-electron chi connectivity index (χ1n) is 4.65. The summed E-state index contributed by atoms with van der Waals surface area (Å²) in [5.74, 6) is -1.13. The van der Waals surface area contributed by atoms with Crippen molar-refractivity contribution in [2.24, 2.45) is 0 Å². The third-order valence-corrected chi connectivity index (χ3v) is 1.87. The molecule has 3 nitrogen and oxygen atoms in total. The van der Waals surface area contributed by atoms with E-state index in [1.165, 1.54) is 6.20 Å². The van der Waals surface area contributed by atoms with E-state index in [1.54, 1.807) is 13.8 Å². The number of pyridine rings is 1. The van der Waals surface area contributed by atoms with Crippen LogP contribution in [0.25, 0.3) is 0 Å². The Morgan fingerprint density at radius 3 is 2.81 bits per heavy atom. The van der Waals surface area contributed by atoms with Crippen molar-refractivity contribution in [2.45, 2.75) is 25.9 Å². The van der Waals surface area contributed by atoms with Gasteiger partial charge >= 0.3 is 5.97 Å². The molecule has 5 heteroatoms. The molecule has 0 aromatic carbocycles. The topological polar surface area (TPSA) is 39.2 Å². The van der Waals surface area contributed by atoms with E-state index in [1.807, 2.05) is 0 Å². The number of halogens is 2. The van der Waals surface area contributed by atoms with Crippen LogP contribution in [-0.4, -0.2) is 16.6 Å². The van der Waals surface area contributed by atoms with E-state index in [0.29, 0.717) is 5.56 Å². The molecule has 0 bridgehead atoms. The molecule has 1 aromatic heterocycles. The number of nitrogens with zero attached hydrogens (tertiary/aromatic N) is 1. The zero-order chi connectivity index (χ0) is 12.3. The van der Waals surface area contributed by atoms with E-state index in [0.717, 1.165) is 6.07 Å². The minimum atomic E-state index is -0.796. The van der Waals surface area contributed by atoms with Gasteiger partial charge in [-0.3, -0.25) is 4.79 Å². The average Bonchev–Trinajstić information content (AvgIpc) is 2.08. The van der Waals surface area contributed by atoms with Gasteiger partial charge in [0.15, 0.2) is 11.0 Å². The van der Waals surface area contributed by atoms with Crippen LogP contribution >= 0.6 is 11.6 Å². The van der Waals surface area contributed by atoms with Crippen molar-refractivity contribution in [3.05, 3.63) is 35.7 Å². The quantitative estimate of drug-likeness (QED) is 0.466. The summed E-state index contributed by atoms with van der Waals surface area (Å²) < 4.78 is 18.0. The lowest BCUT2D eigenvalue weighted by atomic mass is 10.1. The van der Waals surface area contributed by atoms with E-state index < -0.39 is 17.4 Å². The monoisotopic (exact) mass is 244 g/mol. The minimum absolute atomic E-state index is 0.0555. The molecular formula is C11H12ClFNO2+. The van der Waals surface area contributed by atoms with Crippen molar-refractivity contribution >= 4 is 17.6 Å². The van der Waals surface area contributed by atoms with Gasteiger partial charge in [0.2, 0.25) is 5.60 Å². The van der Waals surface area contributed by atoms with Gasteiger partial charge in [0.05, 0.1) is 6.42 Å². The fraction of sp³-hybridized carbons (Fsp3) is 0.364. The zero-order valence-corrected chi connectivity index (χ0v) is 9.84. The van der Waals surface area contributed by atoms with E-state index in [2.05, 4.69) is 11.9 Å². The molecule has 0 saturated heterocycles. The molecule has 0 aliphatic carbocycles. The van der Waals surface area contributed by atoms with E-state index >= 15 is 0 Å². The van der Waals surface area contributed by atoms with Crippen LogP contribution in [0.3, 0.4) is 0 Å². The standard InChI is InChI=1S/C11H12ClFNO2/c1-11(2,3)16-9(15)5-7-4-8(13)10(12)14-6-7/h4,6H,1,5H2,2-3H3/q+1. The van der Waals surface area contributed by atoms with Gasteiger partial charge in [-0.05, 0) is 11.6 Å². The summed E-state index contributed by atoms with van der Waals surface area (Å²) in [6.45, 7) is 6.95. The average molecular weight is 245 g/mol. The van der Waals surface area contributed by atoms with Crippen molar-refractivity contribution in [3.63, 3.8) is 0 Å². The van der Waals surface area contributed by atoms with E-state index in [-0.39, 0.29) is 11.6 Å². The van der Waals surface area contributed by atoms with Gasteiger partial charge in [-0.15, -0.1) is 0 Å². The minimum Gasteiger partial charge on any atom is -0.419 e. The number of aromatic nitrogens is 1. The Morgan fingerprint density at radius 1 is 1.69 bits per heavy atom. The van der Waals surface area contributed by atoms with Gasteiger partial charge in [-0.1, -0.05) is 11.6 Å². The largest absolute Gasteiger partial charge is 0.419 e. The molecular weight excluding hydrogens is 233 g/mol. The number of ether oxygens (including phenoxy) is 1. The zero-order valence-electron chi connectivity index (χ0n) is 9.09. The molecule has 0 aliphatic heterocycles. The maximum Gasteiger partial charge on any atom is 0.314 e. The lowest BCUT2D eigenvalue weighted by Crippen LogP contribution is -2.25. The van der Waals surface area contributed by atoms with Crippen LogP contribution in [0.5, 0.6) is 0 Å². The van der Waals surface area contributed by atoms with Crippen LogP contribution in [-0.2, 0) is 16.0 Å². The van der Waals surface area contributed by atoms with Crippen molar-refractivity contribution in [2.75, 3.05) is 0 Å². The second-order valence-electron chi connectivity index (χ2n) is 4.03. The summed E-state index contributed by atoms with van der Waals surface area (Å²) in [5, 5.41) is -0.213. The van der Waals surface area contributed by atoms with Crippen LogP contribution < -0.4 is 0 Å². The molecule has 0 fully saturated rings. The summed E-state index contributed by atoms with van der Waals surface area (Å²) in [6, 6.07) is 1.16. The predicted molar refractivity (Wildman–Crippen MR) is 58.4 cm³/mol. The maximum absolute atomic E-state index is 13.0. The highest BCUT2D eigenvalue weighted by molar-refractivity contribution is 6.29. The van der Waals surface area contributed by atoms with Crippen LogP contribution in [0.1, 0.15) is 19.4 Å². The molecule has 0 saturated carbocycles. The van der Waals surface area contributed by atoms with Gasteiger partial charge in [-0.2, -0.15) is 0 Å². The van der Waals surface area contributed by atoms with Gasteiger partial charge in [0.25, 0.3) is 0 Å². The van der Waals surface area contributed by atoms with Crippen molar-refractivity contribution < 1.29 is 13.9 Å². The SMILES string of the molecule is [CH2+]C(C)(C)OC(=O)Cc1cnc(Cl)c(F)c1. The van der Waals surface area contributed by atoms with E-state index in [9.17, 15) is 9.18 Å². The molecule has 0 N–H and O–H groups in total. The molecule has 16 heavy (non-hydrogen) atoms. The molecule has 0 unspecified atom stereocenters. The van der Waals surface area contributed by atoms with Crippen LogP contribution in [0.15, 0.2) is 12.3 Å². The fourth-order valence-corrected chi connectivity index (χ4v) is 1.17. The summed E-state index contributed by atoms with van der Waals surface area (Å²) >= 11 is 5.41. The third-order valence-electron chi connectivity index (χ3n) is 1.59. The molecule has 86 valence electrons. The number of hydrogen-bond acceptors (Lipinski definition) is 3. The molecule has 1 aromatic rings. The van der Waals surface area contributed by atoms with Crippen molar-refractivity contribution in [1.29, 1.82) is 0 Å². The van der Waals surface area contributed by atoms with Gasteiger partial charge < -0.3 is 4.74 Å². The first-order valence-corrected chi connectivity index (χ1v) is 5.03. The number of hydrogen-bond donors (Lipinski definition) is 0. The lowest BCUT2D eigenvalue weighted by molar-refractivity contribution is -0.151. The third kappa shape index (κ3) is 4.06. The summed E-state index contributed by atoms with van der Waals surface area (Å²) in [5.41, 5.74) is -0.383. The Hall–Kier alpha value is -1.29. The normalized spacial score (nSPS) is 11.2. The Balaban J connectivity index is 2.67. The number of carbonyl (C=O) groups is 1. The Kier molecular flexibility index (Phi) is 3.75. The Bertz CT molecular complexity index is 401. The smallest absolute Gasteiger partial charge is 0.314 e. The highest BCUT2D eigenvalue weighted by Crippen LogP contribution is 2.14. The Labute approximate surface area is 98.6 Å². The first kappa shape index (κ1) is 12.8. The molecule has 1 heterocycles. The Morgan fingerprint density at radius 2 is 2.31 bits per heavy atom. The highest BCUT2D eigenvalue weighted by atomic mass is 35.5. The van der Waals surface area contributed by atoms with Crippen LogP contribution in [0.2, 0.25) is 5.15 Å². The van der Waals surface area contributed by atoms with Crippen LogP contribution in [0, 0.1) is 12.7 Å². The molecule has 0 amide bonds. The number of esters is 1. The molecule has 0 spiro atoms. The van der Waals surface area contributed by atoms with E-state index in [4.69, 9.17) is 16.3 Å². The second kappa shape index (κ2) is 4.70. The summed E-state index contributed by atoms with van der Waals surface area (Å²) in [7, 11) is 0. The van der Waals surface area contributed by atoms with Crippen molar-refractivity contribution in [1.82, 2.24) is 4.98 Å². The molecule has 0 aliphatic rings. The maximum atomic E-state index is 13.0. The second-order valence-corrected chi connectivity index (χ2v) is 4.38. The van der Waals surface area contributed by atoms with Crippen LogP contribution in [0.4, 0.5) is 4.39 Å². The number of rotatable bonds is 3. The fourth-order valence-electron chi connectivity index (χ4n) is 1.07. The van der Waals surface area contributed by atoms with Gasteiger partial charge in [0, 0.05) is 20.0 Å². The molecule has 0 atom stereocenters. The first-order chi connectivity index (χ1) is 7.28. The highest BCUT2D eigenvalue weighted by Gasteiger charge is 2.23. The van der Waals surface area contributed by atoms with Gasteiger partial charge in [-0.25, -0.2) is 9.37 Å². The summed E-state index contributed by atoms with van der Waals surface area (Å²) in [6.07, 6.45) is 1.28. The lowest BCUT2D eigenvalue weighted by Gasteiger charge is -2.12. The predicted octanol–water partition coefficient (Wildman–Crippen LogP) is 2.57.